The second kappa shape index (κ2) is 5.61. The lowest BCUT2D eigenvalue weighted by atomic mass is 10.1. The molecule has 1 aromatic carbocycles. The van der Waals surface area contributed by atoms with Crippen LogP contribution in [0, 0.1) is 0 Å². The standard InChI is InChI=1S/C13H13Cl2NO5/c1-13(2)20-8-5-3-4-7(9(8)21-13)6-16(12(18)19)11(17)10(14)15/h3-5,10H,6H2,1-2H3,(H,18,19). The number of benzene rings is 1. The SMILES string of the molecule is CC1(C)Oc2cccc(CN(C(=O)O)C(=O)C(Cl)Cl)c2O1. The van der Waals surface area contributed by atoms with Gasteiger partial charge in [-0.15, -0.1) is 0 Å². The van der Waals surface area contributed by atoms with Crippen LogP contribution in [0.15, 0.2) is 18.2 Å². The van der Waals surface area contributed by atoms with Crippen molar-refractivity contribution in [3.05, 3.63) is 23.8 Å². The van der Waals surface area contributed by atoms with E-state index in [1.165, 1.54) is 0 Å². The molecule has 0 saturated heterocycles. The van der Waals surface area contributed by atoms with Gasteiger partial charge in [-0.3, -0.25) is 4.79 Å². The summed E-state index contributed by atoms with van der Waals surface area (Å²) in [7, 11) is 0. The molecule has 0 unspecified atom stereocenters. The van der Waals surface area contributed by atoms with Crippen LogP contribution < -0.4 is 9.47 Å². The highest BCUT2D eigenvalue weighted by molar-refractivity contribution is 6.53. The molecule has 2 rings (SSSR count). The van der Waals surface area contributed by atoms with Crippen molar-refractivity contribution in [2.75, 3.05) is 0 Å². The van der Waals surface area contributed by atoms with Crippen molar-refractivity contribution in [2.24, 2.45) is 0 Å². The van der Waals surface area contributed by atoms with Crippen LogP contribution in [0.4, 0.5) is 4.79 Å². The minimum atomic E-state index is -1.45. The number of carboxylic acid groups (broad SMARTS) is 1. The van der Waals surface area contributed by atoms with Crippen LogP contribution in [-0.2, 0) is 11.3 Å². The molecule has 6 nitrogen and oxygen atoms in total. The Morgan fingerprint density at radius 3 is 2.57 bits per heavy atom. The lowest BCUT2D eigenvalue weighted by Crippen LogP contribution is -2.38. The van der Waals surface area contributed by atoms with Crippen molar-refractivity contribution in [1.82, 2.24) is 4.90 Å². The van der Waals surface area contributed by atoms with Crippen LogP contribution in [0.2, 0.25) is 0 Å². The fourth-order valence-electron chi connectivity index (χ4n) is 1.94. The van der Waals surface area contributed by atoms with Gasteiger partial charge in [0, 0.05) is 19.4 Å². The molecule has 8 heteroatoms. The topological polar surface area (TPSA) is 76.1 Å². The van der Waals surface area contributed by atoms with Crippen LogP contribution in [0.5, 0.6) is 11.5 Å². The van der Waals surface area contributed by atoms with Crippen molar-refractivity contribution < 1.29 is 24.2 Å². The van der Waals surface area contributed by atoms with Crippen molar-refractivity contribution in [3.8, 4) is 11.5 Å². The summed E-state index contributed by atoms with van der Waals surface area (Å²) in [6, 6.07) is 5.03. The van der Waals surface area contributed by atoms with Gasteiger partial charge in [0.2, 0.25) is 5.79 Å². The van der Waals surface area contributed by atoms with E-state index < -0.39 is 22.6 Å². The van der Waals surface area contributed by atoms with Crippen molar-refractivity contribution in [3.63, 3.8) is 0 Å². The zero-order valence-corrected chi connectivity index (χ0v) is 12.8. The normalized spacial score (nSPS) is 15.1. The van der Waals surface area contributed by atoms with E-state index in [0.717, 1.165) is 0 Å². The number of carbonyl (C=O) groups is 2. The van der Waals surface area contributed by atoms with Gasteiger partial charge in [0.05, 0.1) is 6.54 Å². The molecule has 2 amide bonds. The molecule has 0 fully saturated rings. The zero-order chi connectivity index (χ0) is 15.8. The van der Waals surface area contributed by atoms with Crippen molar-refractivity contribution in [2.45, 2.75) is 31.0 Å². The number of ether oxygens (including phenoxy) is 2. The van der Waals surface area contributed by atoms with Gasteiger partial charge in [-0.1, -0.05) is 35.3 Å². The van der Waals surface area contributed by atoms with E-state index in [1.807, 2.05) is 0 Å². The van der Waals surface area contributed by atoms with E-state index in [2.05, 4.69) is 0 Å². The first-order chi connectivity index (χ1) is 9.71. The van der Waals surface area contributed by atoms with Gasteiger partial charge in [-0.25, -0.2) is 9.69 Å². The van der Waals surface area contributed by atoms with Crippen molar-refractivity contribution in [1.29, 1.82) is 0 Å². The van der Waals surface area contributed by atoms with Crippen LogP contribution in [0.25, 0.3) is 0 Å². The molecule has 1 heterocycles. The van der Waals surface area contributed by atoms with Crippen LogP contribution >= 0.6 is 23.2 Å². The van der Waals surface area contributed by atoms with Gasteiger partial charge in [0.25, 0.3) is 5.91 Å². The van der Waals surface area contributed by atoms with Crippen LogP contribution in [0.3, 0.4) is 0 Å². The Labute approximate surface area is 131 Å². The first-order valence-electron chi connectivity index (χ1n) is 6.03. The van der Waals surface area contributed by atoms with Gasteiger partial charge >= 0.3 is 6.09 Å². The predicted octanol–water partition coefficient (Wildman–Crippen LogP) is 3.00. The summed E-state index contributed by atoms with van der Waals surface area (Å²) in [6.07, 6.45) is -1.44. The Bertz CT molecular complexity index is 588. The van der Waals surface area contributed by atoms with Gasteiger partial charge in [-0.2, -0.15) is 0 Å². The summed E-state index contributed by atoms with van der Waals surface area (Å²) in [5.41, 5.74) is 0.489. The van der Waals surface area contributed by atoms with Gasteiger partial charge in [0.1, 0.15) is 0 Å². The molecule has 21 heavy (non-hydrogen) atoms. The molecule has 114 valence electrons. The van der Waals surface area contributed by atoms with E-state index in [9.17, 15) is 9.59 Å². The Hall–Kier alpha value is -1.66. The number of fused-ring (bicyclic) bond motifs is 1. The molecule has 0 aromatic heterocycles. The van der Waals surface area contributed by atoms with Gasteiger partial charge < -0.3 is 14.6 Å². The summed E-state index contributed by atoms with van der Waals surface area (Å²) in [4.78, 5) is 22.0. The number of nitrogens with zero attached hydrogens (tertiary/aromatic N) is 1. The lowest BCUT2D eigenvalue weighted by molar-refractivity contribution is -0.127. The predicted molar refractivity (Wildman–Crippen MR) is 75.8 cm³/mol. The molecule has 0 bridgehead atoms. The third-order valence-electron chi connectivity index (χ3n) is 2.78. The average Bonchev–Trinajstić information content (AvgIpc) is 2.69. The van der Waals surface area contributed by atoms with Crippen LogP contribution in [0.1, 0.15) is 19.4 Å². The highest BCUT2D eigenvalue weighted by Crippen LogP contribution is 2.42. The van der Waals surface area contributed by atoms with E-state index in [4.69, 9.17) is 37.8 Å². The molecule has 1 aliphatic heterocycles. The molecule has 0 aliphatic carbocycles. The average molecular weight is 334 g/mol. The Kier molecular flexibility index (Phi) is 4.20. The number of hydrogen-bond acceptors (Lipinski definition) is 4. The molecule has 0 radical (unpaired) electrons. The molecular formula is C13H13Cl2NO5. The highest BCUT2D eigenvalue weighted by atomic mass is 35.5. The second-order valence-corrected chi connectivity index (χ2v) is 5.95. The monoisotopic (exact) mass is 333 g/mol. The van der Waals surface area contributed by atoms with Crippen molar-refractivity contribution >= 4 is 35.2 Å². The third-order valence-corrected chi connectivity index (χ3v) is 3.15. The molecule has 1 aromatic rings. The summed E-state index contributed by atoms with van der Waals surface area (Å²) in [5, 5.41) is 9.12. The summed E-state index contributed by atoms with van der Waals surface area (Å²) in [6.45, 7) is 3.22. The van der Waals surface area contributed by atoms with E-state index >= 15 is 0 Å². The Morgan fingerprint density at radius 2 is 2.00 bits per heavy atom. The number of imide groups is 1. The summed E-state index contributed by atoms with van der Waals surface area (Å²) in [5.74, 6) is -0.870. The first-order valence-corrected chi connectivity index (χ1v) is 6.91. The number of amides is 2. The van der Waals surface area contributed by atoms with E-state index in [1.54, 1.807) is 32.0 Å². The molecule has 0 saturated carbocycles. The number of para-hydroxylation sites is 1. The maximum atomic E-state index is 11.7. The minimum Gasteiger partial charge on any atom is -0.465 e. The minimum absolute atomic E-state index is 0.229. The number of halogens is 2. The number of carbonyl (C=O) groups excluding carboxylic acids is 1. The van der Waals surface area contributed by atoms with Crippen LogP contribution in [-0.4, -0.2) is 32.6 Å². The molecule has 1 aliphatic rings. The largest absolute Gasteiger partial charge is 0.465 e. The quantitative estimate of drug-likeness (QED) is 0.860. The highest BCUT2D eigenvalue weighted by Gasteiger charge is 2.35. The Morgan fingerprint density at radius 1 is 1.33 bits per heavy atom. The number of hydrogen-bond donors (Lipinski definition) is 1. The summed E-state index contributed by atoms with van der Waals surface area (Å²) >= 11 is 10.9. The van der Waals surface area contributed by atoms with E-state index in [0.29, 0.717) is 22.0 Å². The molecular weight excluding hydrogens is 321 g/mol. The fraction of sp³-hybridized carbons (Fsp3) is 0.385. The number of rotatable bonds is 3. The van der Waals surface area contributed by atoms with Gasteiger partial charge in [-0.05, 0) is 6.07 Å². The molecule has 0 atom stereocenters. The van der Waals surface area contributed by atoms with Gasteiger partial charge in [0.15, 0.2) is 16.3 Å². The fourth-order valence-corrected chi connectivity index (χ4v) is 2.18. The summed E-state index contributed by atoms with van der Waals surface area (Å²) < 4.78 is 11.2. The second-order valence-electron chi connectivity index (χ2n) is 4.86. The smallest absolute Gasteiger partial charge is 0.414 e. The first kappa shape index (κ1) is 15.7. The number of alkyl halides is 2. The molecule has 0 spiro atoms. The third kappa shape index (κ3) is 3.33. The maximum Gasteiger partial charge on any atom is 0.414 e. The zero-order valence-electron chi connectivity index (χ0n) is 11.3. The Balaban J connectivity index is 2.30. The molecule has 1 N–H and O–H groups in total. The maximum absolute atomic E-state index is 11.7. The van der Waals surface area contributed by atoms with E-state index in [-0.39, 0.29) is 6.54 Å². The lowest BCUT2D eigenvalue weighted by Gasteiger charge is -2.19.